The molecule has 0 heterocycles. The highest BCUT2D eigenvalue weighted by atomic mass is 35.7. The third kappa shape index (κ3) is 4.07. The van der Waals surface area contributed by atoms with Crippen LogP contribution in [-0.2, 0) is 13.8 Å². The molecule has 112 valence electrons. The van der Waals surface area contributed by atoms with Crippen LogP contribution in [0.3, 0.4) is 0 Å². The van der Waals surface area contributed by atoms with E-state index in [2.05, 4.69) is 0 Å². The Kier molecular flexibility index (Phi) is 4.65. The fourth-order valence-corrected chi connectivity index (χ4v) is 2.61. The van der Waals surface area contributed by atoms with Crippen molar-refractivity contribution in [1.82, 2.24) is 5.32 Å². The van der Waals surface area contributed by atoms with Crippen LogP contribution in [0.25, 0.3) is 0 Å². The highest BCUT2D eigenvalue weighted by molar-refractivity contribution is 8.13. The summed E-state index contributed by atoms with van der Waals surface area (Å²) in [7, 11) is 0.808. The average Bonchev–Trinajstić information content (AvgIpc) is 2.25. The van der Waals surface area contributed by atoms with Crippen molar-refractivity contribution < 1.29 is 30.8 Å². The van der Waals surface area contributed by atoms with Crippen LogP contribution in [0.4, 0.5) is 17.6 Å². The van der Waals surface area contributed by atoms with Gasteiger partial charge >= 0.3 is 12.1 Å². The van der Waals surface area contributed by atoms with Gasteiger partial charge in [-0.05, 0) is 30.7 Å². The Bertz CT molecular complexity index is 630. The van der Waals surface area contributed by atoms with Crippen molar-refractivity contribution in [2.75, 3.05) is 0 Å². The minimum atomic E-state index is -5.14. The second kappa shape index (κ2) is 5.57. The number of carbonyl (C=O) groups excluding carboxylic acids is 1. The first-order chi connectivity index (χ1) is 8.93. The van der Waals surface area contributed by atoms with Crippen LogP contribution in [0.5, 0.6) is 0 Å². The summed E-state index contributed by atoms with van der Waals surface area (Å²) in [5.41, 5.74) is -0.377. The maximum absolute atomic E-state index is 13.1. The number of benzene rings is 1. The van der Waals surface area contributed by atoms with E-state index < -0.39 is 37.9 Å². The predicted molar refractivity (Wildman–Crippen MR) is 62.1 cm³/mol. The van der Waals surface area contributed by atoms with E-state index in [1.54, 1.807) is 0 Å². The van der Waals surface area contributed by atoms with Gasteiger partial charge in [0.25, 0.3) is 9.05 Å². The Balaban J connectivity index is 3.19. The molecule has 1 atom stereocenters. The summed E-state index contributed by atoms with van der Waals surface area (Å²) in [5.74, 6) is -3.15. The summed E-state index contributed by atoms with van der Waals surface area (Å²) in [5, 5.41) is 1.52. The van der Waals surface area contributed by atoms with Gasteiger partial charge in [0.2, 0.25) is 0 Å². The Morgan fingerprint density at radius 1 is 1.35 bits per heavy atom. The summed E-state index contributed by atoms with van der Waals surface area (Å²) in [6.45, 7) is 1.07. The zero-order chi connectivity index (χ0) is 15.7. The van der Waals surface area contributed by atoms with Crippen LogP contribution in [-0.4, -0.2) is 20.5 Å². The number of amides is 1. The standard InChI is InChI=1S/C10H8ClF4NO3S/c1-5(16-9(17)10(13,14)15)7-4-6(12)2-3-8(7)20(11,18)19/h2-5H,1H3,(H,16,17). The maximum atomic E-state index is 13.1. The molecule has 0 aliphatic rings. The monoisotopic (exact) mass is 333 g/mol. The molecule has 1 aromatic rings. The molecule has 1 unspecified atom stereocenters. The highest BCUT2D eigenvalue weighted by Gasteiger charge is 2.39. The highest BCUT2D eigenvalue weighted by Crippen LogP contribution is 2.27. The third-order valence-electron chi connectivity index (χ3n) is 2.31. The van der Waals surface area contributed by atoms with E-state index in [-0.39, 0.29) is 5.56 Å². The first kappa shape index (κ1) is 16.7. The minimum Gasteiger partial charge on any atom is -0.342 e. The molecule has 1 rings (SSSR count). The quantitative estimate of drug-likeness (QED) is 0.683. The SMILES string of the molecule is CC(NC(=O)C(F)(F)F)c1cc(F)ccc1S(=O)(=O)Cl. The topological polar surface area (TPSA) is 63.2 Å². The van der Waals surface area contributed by atoms with Gasteiger partial charge in [-0.15, -0.1) is 0 Å². The number of halogens is 5. The van der Waals surface area contributed by atoms with Gasteiger partial charge in [0.1, 0.15) is 5.82 Å². The molecule has 0 aliphatic heterocycles. The fourth-order valence-electron chi connectivity index (χ4n) is 1.44. The van der Waals surface area contributed by atoms with Gasteiger partial charge in [-0.1, -0.05) is 0 Å². The molecule has 0 fully saturated rings. The molecule has 0 bridgehead atoms. The van der Waals surface area contributed by atoms with Crippen molar-refractivity contribution in [2.24, 2.45) is 0 Å². The van der Waals surface area contributed by atoms with Crippen LogP contribution in [0.15, 0.2) is 23.1 Å². The molecule has 0 radical (unpaired) electrons. The van der Waals surface area contributed by atoms with Gasteiger partial charge in [-0.2, -0.15) is 13.2 Å². The lowest BCUT2D eigenvalue weighted by Gasteiger charge is -2.17. The number of nitrogens with one attached hydrogen (secondary N) is 1. The summed E-state index contributed by atoms with van der Waals surface area (Å²) < 4.78 is 71.9. The van der Waals surface area contributed by atoms with E-state index in [1.807, 2.05) is 0 Å². The normalized spacial score (nSPS) is 13.9. The van der Waals surface area contributed by atoms with Crippen LogP contribution in [0.2, 0.25) is 0 Å². The molecular weight excluding hydrogens is 326 g/mol. The van der Waals surface area contributed by atoms with Crippen molar-refractivity contribution >= 4 is 25.6 Å². The zero-order valence-electron chi connectivity index (χ0n) is 9.83. The molecule has 0 spiro atoms. The molecule has 0 saturated carbocycles. The molecule has 0 saturated heterocycles. The molecular formula is C10H8ClF4NO3S. The number of rotatable bonds is 3. The molecule has 1 N–H and O–H groups in total. The molecule has 20 heavy (non-hydrogen) atoms. The summed E-state index contributed by atoms with van der Waals surface area (Å²) in [6.07, 6.45) is -5.14. The number of carbonyl (C=O) groups is 1. The average molecular weight is 334 g/mol. The molecule has 1 aromatic carbocycles. The predicted octanol–water partition coefficient (Wildman–Crippen LogP) is 2.49. The van der Waals surface area contributed by atoms with Crippen molar-refractivity contribution in [3.63, 3.8) is 0 Å². The van der Waals surface area contributed by atoms with Crippen molar-refractivity contribution in [1.29, 1.82) is 0 Å². The lowest BCUT2D eigenvalue weighted by Crippen LogP contribution is -2.38. The van der Waals surface area contributed by atoms with E-state index >= 15 is 0 Å². The third-order valence-corrected chi connectivity index (χ3v) is 3.70. The van der Waals surface area contributed by atoms with E-state index in [4.69, 9.17) is 10.7 Å². The second-order valence-electron chi connectivity index (χ2n) is 3.81. The Hall–Kier alpha value is -1.35. The molecule has 0 aliphatic carbocycles. The molecule has 1 amide bonds. The first-order valence-electron chi connectivity index (χ1n) is 5.04. The van der Waals surface area contributed by atoms with Gasteiger partial charge in [0, 0.05) is 10.7 Å². The summed E-state index contributed by atoms with van der Waals surface area (Å²) in [6, 6.07) is 0.889. The number of hydrogen-bond acceptors (Lipinski definition) is 3. The smallest absolute Gasteiger partial charge is 0.342 e. The Morgan fingerprint density at radius 2 is 1.90 bits per heavy atom. The van der Waals surface area contributed by atoms with Crippen molar-refractivity contribution in [3.05, 3.63) is 29.6 Å². The van der Waals surface area contributed by atoms with Crippen LogP contribution in [0, 0.1) is 5.82 Å². The van der Waals surface area contributed by atoms with E-state index in [0.717, 1.165) is 19.1 Å². The molecule has 0 aromatic heterocycles. The minimum absolute atomic E-state index is 0.377. The Morgan fingerprint density at radius 3 is 2.35 bits per heavy atom. The molecule has 4 nitrogen and oxygen atoms in total. The van der Waals surface area contributed by atoms with Gasteiger partial charge < -0.3 is 5.32 Å². The summed E-state index contributed by atoms with van der Waals surface area (Å²) >= 11 is 0. The number of alkyl halides is 3. The Labute approximate surface area is 116 Å². The van der Waals surface area contributed by atoms with E-state index in [9.17, 15) is 30.8 Å². The lowest BCUT2D eigenvalue weighted by molar-refractivity contribution is -0.174. The zero-order valence-corrected chi connectivity index (χ0v) is 11.4. The van der Waals surface area contributed by atoms with Gasteiger partial charge in [0.05, 0.1) is 10.9 Å². The number of hydrogen-bond donors (Lipinski definition) is 1. The molecule has 10 heteroatoms. The summed E-state index contributed by atoms with van der Waals surface area (Å²) in [4.78, 5) is 10.2. The van der Waals surface area contributed by atoms with Crippen LogP contribution >= 0.6 is 10.7 Å². The van der Waals surface area contributed by atoms with E-state index in [0.29, 0.717) is 6.07 Å². The van der Waals surface area contributed by atoms with Crippen molar-refractivity contribution in [2.45, 2.75) is 24.0 Å². The van der Waals surface area contributed by atoms with E-state index in [1.165, 1.54) is 5.32 Å². The lowest BCUT2D eigenvalue weighted by atomic mass is 10.1. The first-order valence-corrected chi connectivity index (χ1v) is 7.35. The van der Waals surface area contributed by atoms with Gasteiger partial charge in [0.15, 0.2) is 0 Å². The fraction of sp³-hybridized carbons (Fsp3) is 0.300. The van der Waals surface area contributed by atoms with Gasteiger partial charge in [-0.25, -0.2) is 12.8 Å². The van der Waals surface area contributed by atoms with Crippen LogP contribution in [0.1, 0.15) is 18.5 Å². The second-order valence-corrected chi connectivity index (χ2v) is 6.35. The van der Waals surface area contributed by atoms with Crippen molar-refractivity contribution in [3.8, 4) is 0 Å². The van der Waals surface area contributed by atoms with Crippen LogP contribution < -0.4 is 5.32 Å². The largest absolute Gasteiger partial charge is 0.471 e. The van der Waals surface area contributed by atoms with Gasteiger partial charge in [-0.3, -0.25) is 4.79 Å². The maximum Gasteiger partial charge on any atom is 0.471 e.